The fraction of sp³-hybridized carbons (Fsp3) is 0.593. The first-order valence-corrected chi connectivity index (χ1v) is 14.5. The molecular weight excluding hydrogens is 526 g/mol. The van der Waals surface area contributed by atoms with Crippen molar-refractivity contribution in [3.63, 3.8) is 0 Å². The summed E-state index contributed by atoms with van der Waals surface area (Å²) in [6.07, 6.45) is 5.24. The summed E-state index contributed by atoms with van der Waals surface area (Å²) in [5.41, 5.74) is 7.48. The molecule has 1 saturated carbocycles. The smallest absolute Gasteiger partial charge is 0.408 e. The van der Waals surface area contributed by atoms with Crippen molar-refractivity contribution in [3.8, 4) is 11.3 Å². The summed E-state index contributed by atoms with van der Waals surface area (Å²) < 4.78 is 9.37. The number of alkyl carbamates (subject to hydrolysis) is 1. The number of benzene rings is 1. The molecule has 11 heteroatoms. The summed E-state index contributed by atoms with van der Waals surface area (Å²) in [4.78, 5) is 40.4. The number of primary amides is 1. The fourth-order valence-corrected chi connectivity index (χ4v) is 6.63. The lowest BCUT2D eigenvalue weighted by Crippen LogP contribution is -2.66. The number of likely N-dealkylation sites (tertiary alicyclic amines) is 1. The maximum absolute atomic E-state index is 14.7. The van der Waals surface area contributed by atoms with Gasteiger partial charge in [0, 0.05) is 34.4 Å². The zero-order valence-corrected chi connectivity index (χ0v) is 23.8. The average Bonchev–Trinajstić information content (AvgIpc) is 3.53. The summed E-state index contributed by atoms with van der Waals surface area (Å²) >= 11 is 7.65. The van der Waals surface area contributed by atoms with Crippen LogP contribution in [-0.4, -0.2) is 56.2 Å². The number of nitrogens with one attached hydrogen (secondary N) is 1. The van der Waals surface area contributed by atoms with Gasteiger partial charge in [-0.3, -0.25) is 4.79 Å². The molecule has 2 aromatic rings. The number of halogens is 1. The molecule has 3 amide bonds. The molecule has 0 radical (unpaired) electrons. The Balaban J connectivity index is 1.77. The average molecular weight is 563 g/mol. The van der Waals surface area contributed by atoms with E-state index < -0.39 is 29.7 Å². The van der Waals surface area contributed by atoms with Gasteiger partial charge in [-0.15, -0.1) is 5.10 Å². The van der Waals surface area contributed by atoms with E-state index in [0.717, 1.165) is 43.2 Å². The van der Waals surface area contributed by atoms with E-state index in [1.54, 1.807) is 26.8 Å². The molecule has 2 heterocycles. The van der Waals surface area contributed by atoms with Crippen LogP contribution >= 0.6 is 23.1 Å². The Morgan fingerprint density at radius 1 is 1.18 bits per heavy atom. The third-order valence-electron chi connectivity index (χ3n) is 7.61. The number of amides is 3. The van der Waals surface area contributed by atoms with Crippen molar-refractivity contribution in [1.29, 1.82) is 0 Å². The number of rotatable bonds is 7. The molecule has 38 heavy (non-hydrogen) atoms. The predicted octanol–water partition coefficient (Wildman–Crippen LogP) is 4.82. The van der Waals surface area contributed by atoms with Crippen molar-refractivity contribution in [3.05, 3.63) is 34.2 Å². The standard InChI is InChI=1S/C27H36ClN5O4S/c1-27(2,3)37-26(36)30-23(17-8-5-4-6-9-17)25(35)33(13-7-10-22(33)24(29)34)15-18-14-19(28)11-12-20(18)21-16-38-32-31-21/h11-12,14,16-17,22-23H,4-10,13,15H2,1-3H3,(H2-,29,30,34,36)/p+1/t22-,23+,33?/m0/s1. The lowest BCUT2D eigenvalue weighted by Gasteiger charge is -2.41. The van der Waals surface area contributed by atoms with Gasteiger partial charge in [0.05, 0.1) is 6.54 Å². The van der Waals surface area contributed by atoms with Gasteiger partial charge in [0.1, 0.15) is 17.8 Å². The molecule has 2 fully saturated rings. The molecule has 0 spiro atoms. The number of hydrogen-bond donors (Lipinski definition) is 2. The minimum Gasteiger partial charge on any atom is -0.444 e. The Hall–Kier alpha value is -2.56. The largest absolute Gasteiger partial charge is 0.444 e. The van der Waals surface area contributed by atoms with Crippen molar-refractivity contribution in [2.24, 2.45) is 11.7 Å². The van der Waals surface area contributed by atoms with E-state index in [4.69, 9.17) is 22.1 Å². The molecule has 1 aromatic heterocycles. The van der Waals surface area contributed by atoms with Crippen molar-refractivity contribution >= 4 is 41.0 Å². The van der Waals surface area contributed by atoms with E-state index in [0.29, 0.717) is 30.1 Å². The molecule has 9 nitrogen and oxygen atoms in total. The van der Waals surface area contributed by atoms with E-state index in [-0.39, 0.29) is 22.9 Å². The zero-order chi connectivity index (χ0) is 27.5. The van der Waals surface area contributed by atoms with E-state index in [2.05, 4.69) is 14.9 Å². The van der Waals surface area contributed by atoms with Gasteiger partial charge >= 0.3 is 12.0 Å². The Morgan fingerprint density at radius 3 is 2.55 bits per heavy atom. The maximum atomic E-state index is 14.7. The fourth-order valence-electron chi connectivity index (χ4n) is 5.98. The van der Waals surface area contributed by atoms with Crippen molar-refractivity contribution in [2.75, 3.05) is 6.54 Å². The second kappa shape index (κ2) is 11.7. The Kier molecular flexibility index (Phi) is 8.74. The zero-order valence-electron chi connectivity index (χ0n) is 22.2. The first kappa shape index (κ1) is 28.4. The number of carbonyl (C=O) groups is 3. The minimum absolute atomic E-state index is 0.0468. The van der Waals surface area contributed by atoms with Gasteiger partial charge in [0.2, 0.25) is 0 Å². The van der Waals surface area contributed by atoms with E-state index in [9.17, 15) is 14.4 Å². The van der Waals surface area contributed by atoms with Crippen LogP contribution in [0.15, 0.2) is 23.6 Å². The monoisotopic (exact) mass is 562 g/mol. The number of quaternary nitrogens is 1. The molecular formula is C27H37ClN5O4S+. The highest BCUT2D eigenvalue weighted by Crippen LogP contribution is 2.38. The SMILES string of the molecule is CC(C)(C)OC(=O)N[C@@H](C(=O)[N+]1(Cc2cc(Cl)ccc2-c2csnn2)CCC[C@H]1C(N)=O)C1CCCCC1. The molecule has 1 unspecified atom stereocenters. The van der Waals surface area contributed by atoms with E-state index >= 15 is 0 Å². The van der Waals surface area contributed by atoms with E-state index in [1.807, 2.05) is 17.5 Å². The van der Waals surface area contributed by atoms with Crippen LogP contribution in [0.3, 0.4) is 0 Å². The Bertz CT molecular complexity index is 1160. The predicted molar refractivity (Wildman–Crippen MR) is 146 cm³/mol. The van der Waals surface area contributed by atoms with Crippen LogP contribution in [0, 0.1) is 5.92 Å². The molecule has 3 N–H and O–H groups in total. The first-order chi connectivity index (χ1) is 18.0. The lowest BCUT2D eigenvalue weighted by molar-refractivity contribution is -0.871. The van der Waals surface area contributed by atoms with Gasteiger partial charge in [-0.25, -0.2) is 14.1 Å². The van der Waals surface area contributed by atoms with Gasteiger partial charge in [-0.1, -0.05) is 41.4 Å². The third kappa shape index (κ3) is 6.35. The second-order valence-electron chi connectivity index (χ2n) is 11.4. The van der Waals surface area contributed by atoms with Gasteiger partial charge < -0.3 is 15.8 Å². The highest BCUT2D eigenvalue weighted by Gasteiger charge is 2.55. The Morgan fingerprint density at radius 2 is 1.92 bits per heavy atom. The number of carbonyl (C=O) groups excluding carboxylic acids is 3. The number of ether oxygens (including phenoxy) is 1. The van der Waals surface area contributed by atoms with Crippen molar-refractivity contribution in [1.82, 2.24) is 14.9 Å². The normalized spacial score (nSPS) is 23.1. The highest BCUT2D eigenvalue weighted by molar-refractivity contribution is 7.03. The van der Waals surface area contributed by atoms with Gasteiger partial charge in [0.15, 0.2) is 12.1 Å². The minimum atomic E-state index is -0.798. The topological polar surface area (TPSA) is 124 Å². The molecule has 0 bridgehead atoms. The van der Waals surface area contributed by atoms with Crippen LogP contribution in [0.1, 0.15) is 71.3 Å². The van der Waals surface area contributed by atoms with Crippen LogP contribution in [0.25, 0.3) is 11.3 Å². The molecule has 1 aliphatic heterocycles. The summed E-state index contributed by atoms with van der Waals surface area (Å²) in [7, 11) is 0. The van der Waals surface area contributed by atoms with E-state index in [1.165, 1.54) is 11.5 Å². The molecule has 3 atom stereocenters. The van der Waals surface area contributed by atoms with Crippen LogP contribution in [0.4, 0.5) is 4.79 Å². The first-order valence-electron chi connectivity index (χ1n) is 13.3. The van der Waals surface area contributed by atoms with Crippen LogP contribution in [0.5, 0.6) is 0 Å². The molecule has 4 rings (SSSR count). The van der Waals surface area contributed by atoms with Gasteiger partial charge in [-0.2, -0.15) is 0 Å². The quantitative estimate of drug-likeness (QED) is 0.466. The number of nitrogens with zero attached hydrogens (tertiary/aromatic N) is 3. The number of nitrogens with two attached hydrogens (primary N) is 1. The Labute approximate surface area is 232 Å². The molecule has 1 saturated heterocycles. The molecule has 1 aromatic carbocycles. The molecule has 2 aliphatic rings. The van der Waals surface area contributed by atoms with Crippen LogP contribution in [-0.2, 0) is 20.9 Å². The number of aromatic nitrogens is 2. The summed E-state index contributed by atoms with van der Waals surface area (Å²) in [5.74, 6) is -0.768. The lowest BCUT2D eigenvalue weighted by atomic mass is 9.82. The van der Waals surface area contributed by atoms with Crippen LogP contribution < -0.4 is 11.1 Å². The number of hydrogen-bond acceptors (Lipinski definition) is 7. The van der Waals surface area contributed by atoms with Gasteiger partial charge in [0.25, 0.3) is 5.91 Å². The summed E-state index contributed by atoms with van der Waals surface area (Å²) in [6, 6.07) is 3.94. The van der Waals surface area contributed by atoms with Gasteiger partial charge in [-0.05, 0) is 63.2 Å². The van der Waals surface area contributed by atoms with Crippen molar-refractivity contribution < 1.29 is 23.6 Å². The van der Waals surface area contributed by atoms with Crippen LogP contribution in [0.2, 0.25) is 5.02 Å². The molecule has 1 aliphatic carbocycles. The highest BCUT2D eigenvalue weighted by atomic mass is 35.5. The summed E-state index contributed by atoms with van der Waals surface area (Å²) in [5, 5.41) is 9.50. The molecule has 206 valence electrons. The maximum Gasteiger partial charge on any atom is 0.408 e. The third-order valence-corrected chi connectivity index (χ3v) is 8.35. The summed E-state index contributed by atoms with van der Waals surface area (Å²) in [6.45, 7) is 6.01. The second-order valence-corrected chi connectivity index (χ2v) is 12.5. The van der Waals surface area contributed by atoms with Crippen molar-refractivity contribution in [2.45, 2.75) is 89.9 Å².